The molecule has 0 saturated heterocycles. The van der Waals surface area contributed by atoms with Crippen LogP contribution in [0.5, 0.6) is 0 Å². The third-order valence-corrected chi connectivity index (χ3v) is 6.18. The highest BCUT2D eigenvalue weighted by Gasteiger charge is 2.24. The van der Waals surface area contributed by atoms with Crippen LogP contribution in [-0.2, 0) is 62.1 Å². The molecule has 22 nitrogen and oxygen atoms in total. The molecule has 0 rings (SSSR count). The number of rotatable bonds is 32. The van der Waals surface area contributed by atoms with Gasteiger partial charge in [-0.25, -0.2) is 14.4 Å². The number of carboxylic acids is 3. The highest BCUT2D eigenvalue weighted by atomic mass is 16.5. The molecule has 6 amide bonds. The molecule has 0 aliphatic carbocycles. The first kappa shape index (κ1) is 45.1. The Morgan fingerprint density at radius 1 is 0.540 bits per heavy atom. The third-order valence-electron chi connectivity index (χ3n) is 6.18. The van der Waals surface area contributed by atoms with Gasteiger partial charge in [-0.1, -0.05) is 0 Å². The van der Waals surface area contributed by atoms with Crippen molar-refractivity contribution in [2.75, 3.05) is 65.9 Å². The van der Waals surface area contributed by atoms with Crippen LogP contribution in [0.3, 0.4) is 0 Å². The van der Waals surface area contributed by atoms with Gasteiger partial charge in [-0.15, -0.1) is 0 Å². The largest absolute Gasteiger partial charge is 0.480 e. The van der Waals surface area contributed by atoms with Crippen molar-refractivity contribution in [3.8, 4) is 0 Å². The van der Waals surface area contributed by atoms with Crippen LogP contribution < -0.4 is 32.3 Å². The number of hydrogen-bond acceptors (Lipinski definition) is 13. The molecule has 10 N–H and O–H groups in total. The highest BCUT2D eigenvalue weighted by Crippen LogP contribution is 2.03. The second-order valence-electron chi connectivity index (χ2n) is 10.2. The van der Waals surface area contributed by atoms with Crippen LogP contribution >= 0.6 is 0 Å². The lowest BCUT2D eigenvalue weighted by atomic mass is 10.1. The summed E-state index contributed by atoms with van der Waals surface area (Å²) in [7, 11) is 0. The quantitative estimate of drug-likeness (QED) is 0.0233. The Bertz CT molecular complexity index is 1120. The van der Waals surface area contributed by atoms with Crippen LogP contribution in [0.1, 0.15) is 38.5 Å². The van der Waals surface area contributed by atoms with Gasteiger partial charge in [-0.2, -0.15) is 0 Å². The number of primary amides is 1. The van der Waals surface area contributed by atoms with Gasteiger partial charge in [0.05, 0.1) is 39.6 Å². The summed E-state index contributed by atoms with van der Waals surface area (Å²) in [4.78, 5) is 102. The molecule has 0 spiro atoms. The number of carbonyl (C=O) groups excluding carboxylic acids is 6. The Hall–Kier alpha value is -4.93. The molecule has 0 aliphatic rings. The molecule has 0 bridgehead atoms. The number of carbonyl (C=O) groups is 9. The van der Waals surface area contributed by atoms with Crippen molar-refractivity contribution in [1.82, 2.24) is 26.6 Å². The van der Waals surface area contributed by atoms with E-state index < -0.39 is 78.6 Å². The number of amides is 6. The Balaban J connectivity index is 3.88. The molecule has 0 aliphatic heterocycles. The van der Waals surface area contributed by atoms with Gasteiger partial charge in [-0.3, -0.25) is 28.8 Å². The fraction of sp³-hybridized carbons (Fsp3) is 0.679. The number of ether oxygens (including phenoxy) is 4. The lowest BCUT2D eigenvalue weighted by Crippen LogP contribution is -2.45. The minimum Gasteiger partial charge on any atom is -0.480 e. The number of aliphatic carboxylic acids is 3. The number of carboxylic acid groups (broad SMARTS) is 3. The fourth-order valence-electron chi connectivity index (χ4n) is 3.65. The van der Waals surface area contributed by atoms with Crippen LogP contribution in [0.4, 0.5) is 0 Å². The summed E-state index contributed by atoms with van der Waals surface area (Å²) in [5, 5.41) is 38.9. The van der Waals surface area contributed by atoms with Gasteiger partial charge in [-0.05, 0) is 19.3 Å². The normalized spacial score (nSPS) is 12.4. The zero-order chi connectivity index (χ0) is 37.7. The van der Waals surface area contributed by atoms with E-state index in [9.17, 15) is 48.3 Å². The Labute approximate surface area is 286 Å². The smallest absolute Gasteiger partial charge is 0.326 e. The maximum atomic E-state index is 12.0. The van der Waals surface area contributed by atoms with E-state index in [0.717, 1.165) is 0 Å². The molecule has 22 heteroatoms. The molecule has 0 fully saturated rings. The van der Waals surface area contributed by atoms with E-state index in [1.165, 1.54) is 0 Å². The summed E-state index contributed by atoms with van der Waals surface area (Å²) in [6.45, 7) is 0.154. The predicted molar refractivity (Wildman–Crippen MR) is 166 cm³/mol. The lowest BCUT2D eigenvalue weighted by Gasteiger charge is -2.16. The molecule has 0 aromatic rings. The summed E-state index contributed by atoms with van der Waals surface area (Å²) in [6, 6.07) is -3.98. The van der Waals surface area contributed by atoms with Gasteiger partial charge < -0.3 is 66.6 Å². The lowest BCUT2D eigenvalue weighted by molar-refractivity contribution is -0.144. The first-order chi connectivity index (χ1) is 23.8. The topological polar surface area (TPSA) is 337 Å². The van der Waals surface area contributed by atoms with E-state index in [2.05, 4.69) is 26.6 Å². The van der Waals surface area contributed by atoms with Crippen molar-refractivity contribution in [2.45, 2.75) is 56.7 Å². The average Bonchev–Trinajstić information content (AvgIpc) is 3.04. The molecule has 284 valence electrons. The van der Waals surface area contributed by atoms with Crippen molar-refractivity contribution in [2.24, 2.45) is 5.73 Å². The molecular formula is C28H46N6O16. The van der Waals surface area contributed by atoms with E-state index in [1.807, 2.05) is 0 Å². The minimum atomic E-state index is -1.45. The minimum absolute atomic E-state index is 0.0275. The van der Waals surface area contributed by atoms with Crippen molar-refractivity contribution < 1.29 is 77.4 Å². The van der Waals surface area contributed by atoms with Crippen LogP contribution in [0, 0.1) is 0 Å². The highest BCUT2D eigenvalue weighted by molar-refractivity contribution is 5.86. The van der Waals surface area contributed by atoms with Crippen LogP contribution in [0.2, 0.25) is 0 Å². The summed E-state index contributed by atoms with van der Waals surface area (Å²) < 4.78 is 20.8. The van der Waals surface area contributed by atoms with Crippen LogP contribution in [0.15, 0.2) is 0 Å². The predicted octanol–water partition coefficient (Wildman–Crippen LogP) is -4.55. The second-order valence-corrected chi connectivity index (χ2v) is 10.2. The molecule has 50 heavy (non-hydrogen) atoms. The molecule has 3 atom stereocenters. The number of nitrogens with two attached hydrogens (primary N) is 1. The van der Waals surface area contributed by atoms with Crippen molar-refractivity contribution in [1.29, 1.82) is 0 Å². The van der Waals surface area contributed by atoms with Gasteiger partial charge in [0.1, 0.15) is 31.3 Å². The van der Waals surface area contributed by atoms with Gasteiger partial charge >= 0.3 is 17.9 Å². The zero-order valence-corrected chi connectivity index (χ0v) is 27.3. The monoisotopic (exact) mass is 722 g/mol. The van der Waals surface area contributed by atoms with E-state index in [4.69, 9.17) is 34.9 Å². The Morgan fingerprint density at radius 3 is 1.46 bits per heavy atom. The Kier molecular flexibility index (Phi) is 25.2. The maximum Gasteiger partial charge on any atom is 0.326 e. The molecule has 2 unspecified atom stereocenters. The average molecular weight is 723 g/mol. The Morgan fingerprint density at radius 2 is 0.960 bits per heavy atom. The number of nitrogens with one attached hydrogen (secondary N) is 5. The van der Waals surface area contributed by atoms with Gasteiger partial charge in [0.25, 0.3) is 0 Å². The van der Waals surface area contributed by atoms with Crippen molar-refractivity contribution in [3.05, 3.63) is 0 Å². The molecule has 0 saturated carbocycles. The van der Waals surface area contributed by atoms with Gasteiger partial charge in [0.2, 0.25) is 35.9 Å². The van der Waals surface area contributed by atoms with E-state index in [0.29, 0.717) is 0 Å². The standard InChI is InChI=1S/C28H46N6O16/c29-21(36)4-1-19(27(43)44)33-23(38)6-3-20(28(45)46)34-25(40)16-50-14-12-48-10-8-31-24(39)15-49-13-11-47-9-7-30-22(37)5-2-18(26(41)42)32-17-35/h17-20H,1-16H2,(H2,29,36)(H,30,37)(H,31,39)(H,32,35)(H,33,38)(H,34,40)(H,41,42)(H,43,44)(H,45,46)/t18?,19-,20?/m0/s1. The SMILES string of the molecule is NC(=O)CC[C@H](NC(=O)CCC(NC(=O)COCCOCCNC(=O)COCCOCCNC(=O)CCC(NC=O)C(=O)O)C(=O)O)C(=O)O. The second kappa shape index (κ2) is 28.0. The summed E-state index contributed by atoms with van der Waals surface area (Å²) >= 11 is 0. The first-order valence-corrected chi connectivity index (χ1v) is 15.4. The molecule has 0 aromatic heterocycles. The summed E-state index contributed by atoms with van der Waals surface area (Å²) in [6.07, 6.45) is -1.17. The summed E-state index contributed by atoms with van der Waals surface area (Å²) in [5.41, 5.74) is 4.97. The fourth-order valence-corrected chi connectivity index (χ4v) is 3.65. The first-order valence-electron chi connectivity index (χ1n) is 15.4. The van der Waals surface area contributed by atoms with E-state index in [1.54, 1.807) is 0 Å². The van der Waals surface area contributed by atoms with Crippen molar-refractivity contribution >= 4 is 53.9 Å². The molecular weight excluding hydrogens is 676 g/mol. The van der Waals surface area contributed by atoms with E-state index >= 15 is 0 Å². The summed E-state index contributed by atoms with van der Waals surface area (Å²) in [5.74, 6) is -7.18. The van der Waals surface area contributed by atoms with E-state index in [-0.39, 0.29) is 97.9 Å². The van der Waals surface area contributed by atoms with Crippen LogP contribution in [0.25, 0.3) is 0 Å². The third kappa shape index (κ3) is 25.1. The molecule has 0 radical (unpaired) electrons. The van der Waals surface area contributed by atoms with Gasteiger partial charge in [0.15, 0.2) is 0 Å². The maximum absolute atomic E-state index is 12.0. The zero-order valence-electron chi connectivity index (χ0n) is 27.3. The van der Waals surface area contributed by atoms with Crippen molar-refractivity contribution in [3.63, 3.8) is 0 Å². The number of hydrogen-bond donors (Lipinski definition) is 9. The van der Waals surface area contributed by atoms with Crippen LogP contribution in [-0.4, -0.2) is 153 Å². The molecule has 0 heterocycles. The molecule has 0 aromatic carbocycles. The van der Waals surface area contributed by atoms with Gasteiger partial charge in [0, 0.05) is 32.4 Å².